The van der Waals surface area contributed by atoms with Crippen molar-refractivity contribution in [2.24, 2.45) is 0 Å². The van der Waals surface area contributed by atoms with Crippen LogP contribution in [0.1, 0.15) is 88.8 Å². The van der Waals surface area contributed by atoms with E-state index in [0.29, 0.717) is 13.2 Å². The third kappa shape index (κ3) is 12.7. The molecule has 0 bridgehead atoms. The zero-order valence-corrected chi connectivity index (χ0v) is 34.5. The fourth-order valence-corrected chi connectivity index (χ4v) is 6.69. The van der Waals surface area contributed by atoms with Crippen molar-refractivity contribution in [1.29, 1.82) is 0 Å². The number of anilines is 2. The lowest BCUT2D eigenvalue weighted by atomic mass is 9.92. The molecule has 2 atom stereocenters. The van der Waals surface area contributed by atoms with Crippen LogP contribution in [0.3, 0.4) is 0 Å². The molecule has 0 aliphatic rings. The lowest BCUT2D eigenvalue weighted by molar-refractivity contribution is -0.174. The Kier molecular flexibility index (Phi) is 17.4. The summed E-state index contributed by atoms with van der Waals surface area (Å²) in [6.45, 7) is 20.6. The predicted molar refractivity (Wildman–Crippen MR) is 229 cm³/mol. The zero-order chi connectivity index (χ0) is 40.5. The minimum atomic E-state index is -0.595. The van der Waals surface area contributed by atoms with E-state index < -0.39 is 12.6 Å². The molecule has 298 valence electrons. The number of esters is 2. The van der Waals surface area contributed by atoms with E-state index in [-0.39, 0.29) is 24.8 Å². The van der Waals surface area contributed by atoms with Gasteiger partial charge in [-0.2, -0.15) is 0 Å². The van der Waals surface area contributed by atoms with Gasteiger partial charge in [-0.3, -0.25) is 9.59 Å². The molecule has 8 heteroatoms. The van der Waals surface area contributed by atoms with Gasteiger partial charge < -0.3 is 28.7 Å². The highest BCUT2D eigenvalue weighted by molar-refractivity contribution is 5.87. The molecule has 0 heterocycles. The molecule has 0 aromatic heterocycles. The van der Waals surface area contributed by atoms with Crippen molar-refractivity contribution < 1.29 is 28.5 Å². The van der Waals surface area contributed by atoms with Gasteiger partial charge in [0.2, 0.25) is 0 Å². The Morgan fingerprint density at radius 3 is 1.04 bits per heavy atom. The van der Waals surface area contributed by atoms with Crippen LogP contribution in [0.5, 0.6) is 0 Å². The summed E-state index contributed by atoms with van der Waals surface area (Å²) >= 11 is 0. The van der Waals surface area contributed by atoms with E-state index in [4.69, 9.17) is 18.9 Å². The summed E-state index contributed by atoms with van der Waals surface area (Å²) in [6.07, 6.45) is 3.44. The van der Waals surface area contributed by atoms with Crippen LogP contribution < -0.4 is 9.80 Å². The normalized spacial score (nSPS) is 11.9. The maximum atomic E-state index is 12.6. The van der Waals surface area contributed by atoms with Gasteiger partial charge in [0, 0.05) is 50.8 Å². The number of rotatable bonds is 21. The van der Waals surface area contributed by atoms with Crippen molar-refractivity contribution in [3.63, 3.8) is 0 Å². The van der Waals surface area contributed by atoms with E-state index in [1.54, 1.807) is 13.8 Å². The first-order valence-corrected chi connectivity index (χ1v) is 20.1. The smallest absolute Gasteiger partial charge is 0.312 e. The van der Waals surface area contributed by atoms with E-state index in [9.17, 15) is 9.59 Å². The minimum absolute atomic E-state index is 0.139. The van der Waals surface area contributed by atoms with E-state index in [1.807, 2.05) is 62.4 Å². The Bertz CT molecular complexity index is 1730. The SMILES string of the molecule is CCOC(C)OC(=O)Cc1ccc(C(=CC=C(c2ccc(N(CC)CC)cc2)c2ccc(N(CC)CC)cc2)c2ccc(CC(=O)OC(C)OCC)cc2)cc1. The van der Waals surface area contributed by atoms with Crippen molar-refractivity contribution in [1.82, 2.24) is 0 Å². The lowest BCUT2D eigenvalue weighted by Crippen LogP contribution is -2.21. The van der Waals surface area contributed by atoms with Gasteiger partial charge in [0.15, 0.2) is 12.6 Å². The number of ether oxygens (including phenoxy) is 4. The molecule has 56 heavy (non-hydrogen) atoms. The Morgan fingerprint density at radius 1 is 0.482 bits per heavy atom. The third-order valence-corrected chi connectivity index (χ3v) is 9.65. The maximum absolute atomic E-state index is 12.6. The molecular weight excluding hydrogens is 701 g/mol. The summed E-state index contributed by atoms with van der Waals surface area (Å²) in [5.41, 5.74) is 10.3. The first kappa shape index (κ1) is 43.5. The van der Waals surface area contributed by atoms with E-state index in [2.05, 4.69) is 98.2 Å². The van der Waals surface area contributed by atoms with Gasteiger partial charge in [-0.15, -0.1) is 0 Å². The van der Waals surface area contributed by atoms with E-state index in [1.165, 1.54) is 11.4 Å². The monoisotopic (exact) mass is 760 g/mol. The average molecular weight is 761 g/mol. The Labute approximate surface area is 334 Å². The largest absolute Gasteiger partial charge is 0.436 e. The first-order valence-electron chi connectivity index (χ1n) is 20.1. The molecule has 0 fully saturated rings. The molecule has 0 spiro atoms. The molecule has 0 radical (unpaired) electrons. The van der Waals surface area contributed by atoms with Crippen LogP contribution >= 0.6 is 0 Å². The standard InChI is InChI=1S/C48H60N2O6/c1-9-49(10-2)43-27-23-41(24-28-43)46(42-25-29-44(30-26-42)50(11-3)12-4)32-31-45(39-19-15-37(16-20-39)33-47(51)55-35(7)53-13-5)40-21-17-38(18-22-40)34-48(52)56-36(8)54-14-6/h15-32,35-36H,9-14,33-34H2,1-8H3. The van der Waals surface area contributed by atoms with Gasteiger partial charge in [0.05, 0.1) is 12.8 Å². The number of benzene rings is 4. The van der Waals surface area contributed by atoms with Crippen molar-refractivity contribution in [2.45, 2.75) is 80.8 Å². The quantitative estimate of drug-likeness (QED) is 0.0472. The summed E-state index contributed by atoms with van der Waals surface area (Å²) < 4.78 is 21.6. The molecule has 4 aromatic rings. The van der Waals surface area contributed by atoms with Gasteiger partial charge in [0.1, 0.15) is 0 Å². The number of hydrogen-bond acceptors (Lipinski definition) is 8. The second-order valence-corrected chi connectivity index (χ2v) is 13.4. The molecular formula is C48H60N2O6. The summed E-state index contributed by atoms with van der Waals surface area (Å²) in [5, 5.41) is 0. The molecule has 4 rings (SSSR count). The van der Waals surface area contributed by atoms with E-state index >= 15 is 0 Å². The van der Waals surface area contributed by atoms with Crippen molar-refractivity contribution in [3.05, 3.63) is 143 Å². The fourth-order valence-electron chi connectivity index (χ4n) is 6.69. The van der Waals surface area contributed by atoms with Crippen LogP contribution in [0.25, 0.3) is 11.1 Å². The summed E-state index contributed by atoms with van der Waals surface area (Å²) in [4.78, 5) is 29.9. The number of carbonyl (C=O) groups excluding carboxylic acids is 2. The van der Waals surface area contributed by atoms with Crippen molar-refractivity contribution >= 4 is 34.5 Å². The molecule has 2 unspecified atom stereocenters. The first-order chi connectivity index (χ1) is 27.1. The maximum Gasteiger partial charge on any atom is 0.312 e. The molecule has 0 aliphatic heterocycles. The molecule has 8 nitrogen and oxygen atoms in total. The second kappa shape index (κ2) is 22.4. The summed E-state index contributed by atoms with van der Waals surface area (Å²) in [7, 11) is 0. The highest BCUT2D eigenvalue weighted by Crippen LogP contribution is 2.31. The highest BCUT2D eigenvalue weighted by Gasteiger charge is 2.14. The van der Waals surface area contributed by atoms with E-state index in [0.717, 1.165) is 70.7 Å². The number of nitrogens with zero attached hydrogens (tertiary/aromatic N) is 2. The summed E-state index contributed by atoms with van der Waals surface area (Å²) in [6, 6.07) is 33.6. The fraction of sp³-hybridized carbons (Fsp3) is 0.375. The molecule has 0 saturated heterocycles. The van der Waals surface area contributed by atoms with Crippen LogP contribution in [-0.4, -0.2) is 63.9 Å². The summed E-state index contributed by atoms with van der Waals surface area (Å²) in [5.74, 6) is -0.684. The molecule has 4 aromatic carbocycles. The van der Waals surface area contributed by atoms with Gasteiger partial charge in [-0.05, 0) is 124 Å². The molecule has 0 aliphatic carbocycles. The lowest BCUT2D eigenvalue weighted by Gasteiger charge is -2.22. The Hall–Kier alpha value is -5.18. The number of hydrogen-bond donors (Lipinski definition) is 0. The minimum Gasteiger partial charge on any atom is -0.436 e. The van der Waals surface area contributed by atoms with Gasteiger partial charge in [-0.1, -0.05) is 84.9 Å². The Morgan fingerprint density at radius 2 is 0.768 bits per heavy atom. The highest BCUT2D eigenvalue weighted by atomic mass is 16.7. The topological polar surface area (TPSA) is 77.5 Å². The van der Waals surface area contributed by atoms with Crippen LogP contribution in [0, 0.1) is 0 Å². The zero-order valence-electron chi connectivity index (χ0n) is 34.5. The molecule has 0 N–H and O–H groups in total. The van der Waals surface area contributed by atoms with Gasteiger partial charge >= 0.3 is 11.9 Å². The second-order valence-electron chi connectivity index (χ2n) is 13.4. The van der Waals surface area contributed by atoms with Crippen molar-refractivity contribution in [2.75, 3.05) is 49.2 Å². The van der Waals surface area contributed by atoms with Gasteiger partial charge in [-0.25, -0.2) is 0 Å². The van der Waals surface area contributed by atoms with Crippen LogP contribution in [-0.2, 0) is 41.4 Å². The number of carbonyl (C=O) groups is 2. The van der Waals surface area contributed by atoms with Crippen molar-refractivity contribution in [3.8, 4) is 0 Å². The average Bonchev–Trinajstić information content (AvgIpc) is 3.19. The Balaban J connectivity index is 1.78. The van der Waals surface area contributed by atoms with Crippen LogP contribution in [0.4, 0.5) is 11.4 Å². The molecule has 0 saturated carbocycles. The predicted octanol–water partition coefficient (Wildman–Crippen LogP) is 9.88. The van der Waals surface area contributed by atoms with Crippen LogP contribution in [0.2, 0.25) is 0 Å². The number of allylic oxidation sites excluding steroid dienone is 2. The third-order valence-electron chi connectivity index (χ3n) is 9.65. The van der Waals surface area contributed by atoms with Crippen LogP contribution in [0.15, 0.2) is 109 Å². The molecule has 0 amide bonds. The van der Waals surface area contributed by atoms with Gasteiger partial charge in [0.25, 0.3) is 0 Å².